The molecule has 30 heavy (non-hydrogen) atoms. The summed E-state index contributed by atoms with van der Waals surface area (Å²) in [5.41, 5.74) is 2.41. The van der Waals surface area contributed by atoms with Crippen molar-refractivity contribution in [3.05, 3.63) is 91.9 Å². The summed E-state index contributed by atoms with van der Waals surface area (Å²) in [4.78, 5) is 39.1. The number of halogens is 3. The molecule has 1 aliphatic rings. The van der Waals surface area contributed by atoms with Gasteiger partial charge < -0.3 is 5.32 Å². The minimum atomic E-state index is -0.440. The number of hydrogen-bond acceptors (Lipinski definition) is 3. The lowest BCUT2D eigenvalue weighted by Crippen LogP contribution is -2.30. The van der Waals surface area contributed by atoms with Crippen molar-refractivity contribution in [2.45, 2.75) is 6.92 Å². The summed E-state index contributed by atoms with van der Waals surface area (Å²) >= 11 is 17.9. The topological polar surface area (TPSA) is 66.5 Å². The fourth-order valence-corrected chi connectivity index (χ4v) is 3.95. The van der Waals surface area contributed by atoms with Crippen LogP contribution >= 0.6 is 34.8 Å². The van der Waals surface area contributed by atoms with E-state index in [0.717, 1.165) is 4.90 Å². The molecule has 0 saturated heterocycles. The van der Waals surface area contributed by atoms with Gasteiger partial charge in [-0.3, -0.25) is 14.4 Å². The van der Waals surface area contributed by atoms with Crippen LogP contribution in [0.5, 0.6) is 0 Å². The van der Waals surface area contributed by atoms with Gasteiger partial charge in [0.25, 0.3) is 17.7 Å². The maximum atomic E-state index is 12.8. The number of benzene rings is 3. The molecule has 1 N–H and O–H groups in total. The zero-order chi connectivity index (χ0) is 21.6. The third-order valence-electron chi connectivity index (χ3n) is 4.72. The standard InChI is InChI=1S/C22H13Cl3N2O3/c1-11-8-14(26-20(28)16-6-3-13(24)10-18(16)25)4-7-19(11)27-21(29)15-5-2-12(23)9-17(15)22(27)30/h2-10H,1H3,(H,26,28). The van der Waals surface area contributed by atoms with E-state index in [2.05, 4.69) is 5.32 Å². The number of rotatable bonds is 3. The predicted octanol–water partition coefficient (Wildman–Crippen LogP) is 6.01. The number of nitrogens with one attached hydrogen (secondary N) is 1. The first-order valence-electron chi connectivity index (χ1n) is 8.81. The van der Waals surface area contributed by atoms with E-state index < -0.39 is 17.7 Å². The average Bonchev–Trinajstić information content (AvgIpc) is 2.92. The molecular weight excluding hydrogens is 447 g/mol. The smallest absolute Gasteiger partial charge is 0.266 e. The Morgan fingerprint density at radius 2 is 1.50 bits per heavy atom. The Bertz CT molecular complexity index is 1240. The van der Waals surface area contributed by atoms with E-state index in [1.807, 2.05) is 0 Å². The summed E-state index contributed by atoms with van der Waals surface area (Å²) in [5.74, 6) is -1.26. The number of aryl methyl sites for hydroxylation is 1. The molecule has 0 radical (unpaired) electrons. The minimum absolute atomic E-state index is 0.234. The van der Waals surface area contributed by atoms with Crippen molar-refractivity contribution < 1.29 is 14.4 Å². The van der Waals surface area contributed by atoms with Gasteiger partial charge in [-0.1, -0.05) is 34.8 Å². The zero-order valence-corrected chi connectivity index (χ0v) is 17.8. The van der Waals surface area contributed by atoms with Gasteiger partial charge in [0.1, 0.15) is 0 Å². The van der Waals surface area contributed by atoms with E-state index in [-0.39, 0.29) is 16.1 Å². The van der Waals surface area contributed by atoms with Crippen LogP contribution in [0.3, 0.4) is 0 Å². The predicted molar refractivity (Wildman–Crippen MR) is 118 cm³/mol. The average molecular weight is 460 g/mol. The molecule has 5 nitrogen and oxygen atoms in total. The van der Waals surface area contributed by atoms with Gasteiger partial charge in [0.2, 0.25) is 0 Å². The van der Waals surface area contributed by atoms with E-state index in [1.165, 1.54) is 24.3 Å². The van der Waals surface area contributed by atoms with Gasteiger partial charge in [0, 0.05) is 15.7 Å². The van der Waals surface area contributed by atoms with Crippen molar-refractivity contribution in [3.8, 4) is 0 Å². The molecule has 150 valence electrons. The number of nitrogens with zero attached hydrogens (tertiary/aromatic N) is 1. The number of imide groups is 1. The lowest BCUT2D eigenvalue weighted by molar-refractivity contribution is 0.0924. The number of hydrogen-bond donors (Lipinski definition) is 1. The van der Waals surface area contributed by atoms with Crippen molar-refractivity contribution in [1.29, 1.82) is 0 Å². The van der Waals surface area contributed by atoms with Crippen LogP contribution < -0.4 is 10.2 Å². The van der Waals surface area contributed by atoms with Gasteiger partial charge >= 0.3 is 0 Å². The van der Waals surface area contributed by atoms with Gasteiger partial charge in [-0.2, -0.15) is 0 Å². The SMILES string of the molecule is Cc1cc(NC(=O)c2ccc(Cl)cc2Cl)ccc1N1C(=O)c2ccc(Cl)cc2C1=O. The first-order chi connectivity index (χ1) is 14.3. The lowest BCUT2D eigenvalue weighted by Gasteiger charge is -2.18. The normalized spacial score (nSPS) is 12.9. The molecule has 3 aromatic carbocycles. The monoisotopic (exact) mass is 458 g/mol. The molecule has 0 aliphatic carbocycles. The van der Waals surface area contributed by atoms with Crippen molar-refractivity contribution in [1.82, 2.24) is 0 Å². The summed E-state index contributed by atoms with van der Waals surface area (Å²) in [7, 11) is 0. The second kappa shape index (κ2) is 7.76. The van der Waals surface area contributed by atoms with E-state index in [9.17, 15) is 14.4 Å². The van der Waals surface area contributed by atoms with Crippen molar-refractivity contribution in [3.63, 3.8) is 0 Å². The molecule has 0 atom stereocenters. The number of fused-ring (bicyclic) bond motifs is 1. The van der Waals surface area contributed by atoms with Crippen LogP contribution in [0.4, 0.5) is 11.4 Å². The van der Waals surface area contributed by atoms with Crippen LogP contribution in [0.15, 0.2) is 54.6 Å². The molecule has 1 heterocycles. The minimum Gasteiger partial charge on any atom is -0.322 e. The maximum Gasteiger partial charge on any atom is 0.266 e. The van der Waals surface area contributed by atoms with Crippen LogP contribution in [-0.4, -0.2) is 17.7 Å². The second-order valence-electron chi connectivity index (χ2n) is 6.72. The Morgan fingerprint density at radius 3 is 2.20 bits per heavy atom. The lowest BCUT2D eigenvalue weighted by atomic mass is 10.1. The molecule has 0 unspecified atom stereocenters. The van der Waals surface area contributed by atoms with Crippen molar-refractivity contribution >= 4 is 63.9 Å². The number of carbonyl (C=O) groups excluding carboxylic acids is 3. The summed E-state index contributed by atoms with van der Waals surface area (Å²) in [6, 6.07) is 14.1. The highest BCUT2D eigenvalue weighted by molar-refractivity contribution is 6.38. The van der Waals surface area contributed by atoms with Gasteiger partial charge in [0.15, 0.2) is 0 Å². The summed E-state index contributed by atoms with van der Waals surface area (Å²) in [6.45, 7) is 1.75. The van der Waals surface area contributed by atoms with Crippen LogP contribution in [-0.2, 0) is 0 Å². The van der Waals surface area contributed by atoms with Crippen LogP contribution in [0.2, 0.25) is 15.1 Å². The molecule has 0 aromatic heterocycles. The Labute approximate surface area is 187 Å². The molecule has 1 aliphatic heterocycles. The number of amides is 3. The molecule has 0 fully saturated rings. The fourth-order valence-electron chi connectivity index (χ4n) is 3.29. The molecule has 0 spiro atoms. The molecular formula is C22H13Cl3N2O3. The summed E-state index contributed by atoms with van der Waals surface area (Å²) in [6.07, 6.45) is 0. The molecule has 0 saturated carbocycles. The highest BCUT2D eigenvalue weighted by Crippen LogP contribution is 2.33. The van der Waals surface area contributed by atoms with Crippen molar-refractivity contribution in [2.75, 3.05) is 10.2 Å². The third-order valence-corrected chi connectivity index (χ3v) is 5.50. The van der Waals surface area contributed by atoms with Gasteiger partial charge in [-0.15, -0.1) is 0 Å². The largest absolute Gasteiger partial charge is 0.322 e. The molecule has 3 aromatic rings. The van der Waals surface area contributed by atoms with E-state index >= 15 is 0 Å². The van der Waals surface area contributed by atoms with Gasteiger partial charge in [-0.05, 0) is 67.1 Å². The Kier molecular flexibility index (Phi) is 5.28. The second-order valence-corrected chi connectivity index (χ2v) is 8.00. The van der Waals surface area contributed by atoms with E-state index in [1.54, 1.807) is 37.3 Å². The third kappa shape index (κ3) is 3.56. The highest BCUT2D eigenvalue weighted by Gasteiger charge is 2.37. The maximum absolute atomic E-state index is 12.8. The van der Waals surface area contributed by atoms with Crippen LogP contribution in [0.1, 0.15) is 36.6 Å². The first kappa shape index (κ1) is 20.4. The van der Waals surface area contributed by atoms with E-state index in [0.29, 0.717) is 32.5 Å². The zero-order valence-electron chi connectivity index (χ0n) is 15.5. The molecule has 3 amide bonds. The summed E-state index contributed by atoms with van der Waals surface area (Å²) in [5, 5.41) is 3.80. The highest BCUT2D eigenvalue weighted by atomic mass is 35.5. The molecule has 0 bridgehead atoms. The van der Waals surface area contributed by atoms with E-state index in [4.69, 9.17) is 34.8 Å². The number of carbonyl (C=O) groups is 3. The van der Waals surface area contributed by atoms with Crippen LogP contribution in [0.25, 0.3) is 0 Å². The number of anilines is 2. The van der Waals surface area contributed by atoms with Gasteiger partial charge in [-0.25, -0.2) is 4.90 Å². The van der Waals surface area contributed by atoms with Gasteiger partial charge in [0.05, 0.1) is 27.4 Å². The van der Waals surface area contributed by atoms with Crippen LogP contribution in [0, 0.1) is 6.92 Å². The molecule has 4 rings (SSSR count). The Hall–Kier alpha value is -2.86. The fraction of sp³-hybridized carbons (Fsp3) is 0.0455. The molecule has 8 heteroatoms. The quantitative estimate of drug-likeness (QED) is 0.488. The Morgan fingerprint density at radius 1 is 0.833 bits per heavy atom. The van der Waals surface area contributed by atoms with Crippen molar-refractivity contribution in [2.24, 2.45) is 0 Å². The Balaban J connectivity index is 1.60. The summed E-state index contributed by atoms with van der Waals surface area (Å²) < 4.78 is 0. The first-order valence-corrected chi connectivity index (χ1v) is 9.95.